The van der Waals surface area contributed by atoms with Gasteiger partial charge in [0.1, 0.15) is 6.61 Å². The van der Waals surface area contributed by atoms with Gasteiger partial charge in [0.05, 0.1) is 11.3 Å². The van der Waals surface area contributed by atoms with Crippen molar-refractivity contribution in [1.82, 2.24) is 4.98 Å². The molecule has 0 spiro atoms. The Balaban J connectivity index is 2.31. The van der Waals surface area contributed by atoms with E-state index in [1.54, 1.807) is 18.3 Å². The highest BCUT2D eigenvalue weighted by molar-refractivity contribution is 6.25. The fraction of sp³-hybridized carbons (Fsp3) is 0.200. The second-order valence-corrected chi connectivity index (χ2v) is 5.77. The summed E-state index contributed by atoms with van der Waals surface area (Å²) in [7, 11) is 0. The minimum Gasteiger partial charge on any atom is -0.404 e. The minimum atomic E-state index is -0.356. The van der Waals surface area contributed by atoms with E-state index in [2.05, 4.69) is 27.2 Å². The van der Waals surface area contributed by atoms with Crippen LogP contribution in [0.15, 0.2) is 52.9 Å². The number of amidine groups is 1. The van der Waals surface area contributed by atoms with Crippen LogP contribution < -0.4 is 11.1 Å². The van der Waals surface area contributed by atoms with Crippen molar-refractivity contribution in [3.63, 3.8) is 0 Å². The third kappa shape index (κ3) is 5.01. The van der Waals surface area contributed by atoms with Crippen molar-refractivity contribution in [3.8, 4) is 0 Å². The highest BCUT2D eigenvalue weighted by atomic mass is 16.6. The molecule has 2 rings (SSSR count). The van der Waals surface area contributed by atoms with Crippen LogP contribution in [0.3, 0.4) is 0 Å². The third-order valence-electron chi connectivity index (χ3n) is 3.78. The van der Waals surface area contributed by atoms with Crippen LogP contribution >= 0.6 is 0 Å². The van der Waals surface area contributed by atoms with Crippen molar-refractivity contribution in [3.05, 3.63) is 65.1 Å². The van der Waals surface area contributed by atoms with Crippen molar-refractivity contribution in [1.29, 1.82) is 0 Å². The van der Waals surface area contributed by atoms with Crippen LogP contribution in [-0.4, -0.2) is 30.1 Å². The molecular weight excluding hydrogens is 342 g/mol. The van der Waals surface area contributed by atoms with E-state index in [-0.39, 0.29) is 11.5 Å². The van der Waals surface area contributed by atoms with E-state index in [0.29, 0.717) is 29.4 Å². The Kier molecular flexibility index (Phi) is 6.82. The van der Waals surface area contributed by atoms with E-state index in [4.69, 9.17) is 10.6 Å². The van der Waals surface area contributed by atoms with Gasteiger partial charge in [0.2, 0.25) is 0 Å². The zero-order chi connectivity index (χ0) is 19.8. The van der Waals surface area contributed by atoms with Gasteiger partial charge in [-0.3, -0.25) is 9.78 Å². The Morgan fingerprint density at radius 3 is 2.74 bits per heavy atom. The number of nitrogens with zero attached hydrogens (tertiary/aromatic N) is 3. The van der Waals surface area contributed by atoms with Crippen LogP contribution in [0.2, 0.25) is 0 Å². The first kappa shape index (κ1) is 19.8. The van der Waals surface area contributed by atoms with E-state index in [0.717, 1.165) is 11.1 Å². The number of rotatable bonds is 6. The van der Waals surface area contributed by atoms with Crippen molar-refractivity contribution in [2.75, 3.05) is 11.9 Å². The van der Waals surface area contributed by atoms with E-state index < -0.39 is 0 Å². The largest absolute Gasteiger partial charge is 0.404 e. The summed E-state index contributed by atoms with van der Waals surface area (Å²) in [6.07, 6.45) is 2.89. The van der Waals surface area contributed by atoms with Gasteiger partial charge in [-0.1, -0.05) is 17.3 Å². The van der Waals surface area contributed by atoms with Crippen molar-refractivity contribution >= 4 is 29.7 Å². The monoisotopic (exact) mass is 365 g/mol. The number of hydrogen-bond acceptors (Lipinski definition) is 5. The maximum atomic E-state index is 12.7. The highest BCUT2D eigenvalue weighted by Gasteiger charge is 2.15. The van der Waals surface area contributed by atoms with E-state index in [1.165, 1.54) is 6.20 Å². The SMILES string of the molecule is C=N/C(=N\OCC)c1ccc(C)c(NC(=O)/C(=C/N)c2cc(C)ccn2)c1. The van der Waals surface area contributed by atoms with Gasteiger partial charge in [-0.15, -0.1) is 0 Å². The molecule has 0 bridgehead atoms. The molecule has 0 fully saturated rings. The number of benzene rings is 1. The smallest absolute Gasteiger partial charge is 0.259 e. The molecular formula is C20H23N5O2. The lowest BCUT2D eigenvalue weighted by Crippen LogP contribution is -2.16. The van der Waals surface area contributed by atoms with Crippen LogP contribution in [-0.2, 0) is 9.63 Å². The molecule has 1 heterocycles. The zero-order valence-corrected chi connectivity index (χ0v) is 15.7. The second-order valence-electron chi connectivity index (χ2n) is 5.77. The van der Waals surface area contributed by atoms with Crippen LogP contribution in [0.1, 0.15) is 29.3 Å². The maximum Gasteiger partial charge on any atom is 0.259 e. The molecule has 27 heavy (non-hydrogen) atoms. The Morgan fingerprint density at radius 1 is 1.33 bits per heavy atom. The molecule has 0 unspecified atom stereocenters. The summed E-state index contributed by atoms with van der Waals surface area (Å²) in [4.78, 5) is 25.9. The quantitative estimate of drug-likeness (QED) is 0.355. The number of aryl methyl sites for hydroxylation is 2. The molecule has 7 heteroatoms. The molecule has 0 aliphatic carbocycles. The van der Waals surface area contributed by atoms with E-state index in [9.17, 15) is 4.79 Å². The maximum absolute atomic E-state index is 12.7. The molecule has 1 amide bonds. The molecule has 1 aromatic heterocycles. The Labute approximate surface area is 158 Å². The summed E-state index contributed by atoms with van der Waals surface area (Å²) < 4.78 is 0. The summed E-state index contributed by atoms with van der Waals surface area (Å²) in [5, 5.41) is 6.79. The lowest BCUT2D eigenvalue weighted by atomic mass is 10.1. The Hall–Kier alpha value is -3.48. The Bertz CT molecular complexity index is 903. The van der Waals surface area contributed by atoms with Gasteiger partial charge >= 0.3 is 0 Å². The topological polar surface area (TPSA) is 102 Å². The summed E-state index contributed by atoms with van der Waals surface area (Å²) in [6, 6.07) is 9.10. The highest BCUT2D eigenvalue weighted by Crippen LogP contribution is 2.21. The molecule has 140 valence electrons. The number of nitrogens with one attached hydrogen (secondary N) is 1. The summed E-state index contributed by atoms with van der Waals surface area (Å²) in [5.74, 6) is -0.0204. The van der Waals surface area contributed by atoms with E-state index in [1.807, 2.05) is 39.0 Å². The number of pyridine rings is 1. The van der Waals surface area contributed by atoms with Gasteiger partial charge in [0, 0.05) is 23.6 Å². The van der Waals surface area contributed by atoms with Crippen LogP contribution in [0.25, 0.3) is 5.57 Å². The van der Waals surface area contributed by atoms with Gasteiger partial charge in [0.25, 0.3) is 5.91 Å². The number of carbonyl (C=O) groups excluding carboxylic acids is 1. The van der Waals surface area contributed by atoms with Crippen molar-refractivity contribution in [2.45, 2.75) is 20.8 Å². The molecule has 2 aromatic rings. The molecule has 3 N–H and O–H groups in total. The fourth-order valence-electron chi connectivity index (χ4n) is 2.34. The standard InChI is InChI=1S/C20H23N5O2/c1-5-27-25-19(22-4)15-7-6-14(3)17(11-15)24-20(26)16(12-21)18-10-13(2)8-9-23-18/h6-12H,4-5,21H2,1-3H3,(H,24,26)/b16-12+,25-19-. The zero-order valence-electron chi connectivity index (χ0n) is 15.7. The molecule has 0 aliphatic heterocycles. The van der Waals surface area contributed by atoms with E-state index >= 15 is 0 Å². The van der Waals surface area contributed by atoms with Gasteiger partial charge < -0.3 is 15.9 Å². The van der Waals surface area contributed by atoms with Crippen LogP contribution in [0, 0.1) is 13.8 Å². The summed E-state index contributed by atoms with van der Waals surface area (Å²) in [5.41, 5.74) is 9.62. The molecule has 0 atom stereocenters. The minimum absolute atomic E-state index is 0.286. The lowest BCUT2D eigenvalue weighted by molar-refractivity contribution is -0.111. The number of anilines is 1. The number of aromatic nitrogens is 1. The Morgan fingerprint density at radius 2 is 2.11 bits per heavy atom. The van der Waals surface area contributed by atoms with Crippen molar-refractivity contribution in [2.24, 2.45) is 15.9 Å². The van der Waals surface area contributed by atoms with Crippen molar-refractivity contribution < 1.29 is 9.63 Å². The molecule has 1 aromatic carbocycles. The molecule has 0 saturated carbocycles. The number of aliphatic imine (C=N–C) groups is 1. The molecule has 7 nitrogen and oxygen atoms in total. The number of nitrogens with two attached hydrogens (primary N) is 1. The number of carbonyl (C=O) groups is 1. The molecule has 0 saturated heterocycles. The predicted octanol–water partition coefficient (Wildman–Crippen LogP) is 3.04. The number of oxime groups is 1. The van der Waals surface area contributed by atoms with Gasteiger partial charge in [0.15, 0.2) is 5.84 Å². The van der Waals surface area contributed by atoms with Crippen LogP contribution in [0.5, 0.6) is 0 Å². The van der Waals surface area contributed by atoms with Gasteiger partial charge in [-0.25, -0.2) is 4.99 Å². The average molecular weight is 365 g/mol. The third-order valence-corrected chi connectivity index (χ3v) is 3.78. The number of hydrogen-bond donors (Lipinski definition) is 2. The van der Waals surface area contributed by atoms with Gasteiger partial charge in [-0.05, 0) is 56.8 Å². The summed E-state index contributed by atoms with van der Waals surface area (Å²) >= 11 is 0. The fourth-order valence-corrected chi connectivity index (χ4v) is 2.34. The first-order valence-corrected chi connectivity index (χ1v) is 8.44. The normalized spacial score (nSPS) is 11.8. The van der Waals surface area contributed by atoms with Crippen LogP contribution in [0.4, 0.5) is 5.69 Å². The predicted molar refractivity (Wildman–Crippen MR) is 109 cm³/mol. The summed E-state index contributed by atoms with van der Waals surface area (Å²) in [6.45, 7) is 9.56. The second kappa shape index (κ2) is 9.28. The molecule has 0 aliphatic rings. The average Bonchev–Trinajstić information content (AvgIpc) is 2.65. The number of amides is 1. The van der Waals surface area contributed by atoms with Gasteiger partial charge in [-0.2, -0.15) is 0 Å². The first-order valence-electron chi connectivity index (χ1n) is 8.44. The lowest BCUT2D eigenvalue weighted by Gasteiger charge is -2.12. The molecule has 0 radical (unpaired) electrons. The first-order chi connectivity index (χ1) is 13.0.